The quantitative estimate of drug-likeness (QED) is 0.357. The average molecular weight is 453 g/mol. The van der Waals surface area contributed by atoms with Gasteiger partial charge < -0.3 is 15.8 Å². The summed E-state index contributed by atoms with van der Waals surface area (Å²) in [6, 6.07) is 6.07. The molecule has 1 aliphatic rings. The summed E-state index contributed by atoms with van der Waals surface area (Å²) in [6.07, 6.45) is 7.02. The summed E-state index contributed by atoms with van der Waals surface area (Å²) < 4.78 is 15.1. The summed E-state index contributed by atoms with van der Waals surface area (Å²) in [4.78, 5) is 17.9. The first-order valence-corrected chi connectivity index (χ1v) is 11.4. The van der Waals surface area contributed by atoms with Crippen LogP contribution in [0.5, 0.6) is 0 Å². The third-order valence-corrected chi connectivity index (χ3v) is 6.25. The number of aryl methyl sites for hydroxylation is 1. The molecule has 3 aromatic rings. The van der Waals surface area contributed by atoms with Gasteiger partial charge in [0.15, 0.2) is 5.65 Å². The van der Waals surface area contributed by atoms with Crippen LogP contribution in [0.2, 0.25) is 0 Å². The van der Waals surface area contributed by atoms with Gasteiger partial charge in [0.1, 0.15) is 5.82 Å². The third-order valence-electron chi connectivity index (χ3n) is 6.25. The molecule has 174 valence electrons. The molecule has 3 N–H and O–H groups in total. The maximum Gasteiger partial charge on any atom is 0.255 e. The van der Waals surface area contributed by atoms with Crippen molar-refractivity contribution in [3.05, 3.63) is 53.6 Å². The lowest BCUT2D eigenvalue weighted by Gasteiger charge is -2.26. The highest BCUT2D eigenvalue weighted by atomic mass is 19.1. The van der Waals surface area contributed by atoms with Crippen molar-refractivity contribution >= 4 is 28.3 Å². The van der Waals surface area contributed by atoms with Crippen molar-refractivity contribution in [2.24, 2.45) is 5.16 Å². The van der Waals surface area contributed by atoms with Gasteiger partial charge in [-0.05, 0) is 56.7 Å². The highest BCUT2D eigenvalue weighted by Gasteiger charge is 2.24. The van der Waals surface area contributed by atoms with Crippen LogP contribution in [0.25, 0.3) is 11.0 Å². The van der Waals surface area contributed by atoms with E-state index in [9.17, 15) is 9.18 Å². The molecule has 1 atom stereocenters. The number of anilines is 1. The lowest BCUT2D eigenvalue weighted by molar-refractivity contribution is 0.0936. The van der Waals surface area contributed by atoms with Gasteiger partial charge in [-0.1, -0.05) is 24.2 Å². The molecule has 1 aromatic carbocycles. The Morgan fingerprint density at radius 3 is 2.61 bits per heavy atom. The Kier molecular flexibility index (Phi) is 6.86. The number of benzene rings is 1. The number of amides is 1. The van der Waals surface area contributed by atoms with E-state index in [1.54, 1.807) is 29.2 Å². The minimum Gasteiger partial charge on any atom is -0.411 e. The number of rotatable bonds is 7. The number of hydrogen-bond acceptors (Lipinski definition) is 6. The summed E-state index contributed by atoms with van der Waals surface area (Å²) in [5.41, 5.74) is 3.52. The third kappa shape index (κ3) is 4.81. The molecular formula is C24H29FN6O2. The second-order valence-electron chi connectivity index (χ2n) is 8.32. The predicted octanol–water partition coefficient (Wildman–Crippen LogP) is 4.66. The van der Waals surface area contributed by atoms with E-state index in [4.69, 9.17) is 5.21 Å². The Bertz CT molecular complexity index is 1150. The van der Waals surface area contributed by atoms with Gasteiger partial charge in [-0.25, -0.2) is 14.1 Å². The molecule has 0 spiro atoms. The average Bonchev–Trinajstić information content (AvgIpc) is 3.27. The standard InChI is InChI=1S/C24H29FN6O2/c1-3-21(15-5-7-16(25)8-6-15)29-24(32)20-13-26-23-19(14-27-31(23)4-2)22(20)28-17-9-11-18(30-33)12-10-17/h5-8,13-14,17,21,33H,3-4,9-12H2,1-2H3,(H,26,28)(H,29,32). The number of pyridine rings is 1. The molecule has 0 bridgehead atoms. The molecule has 2 heterocycles. The van der Waals surface area contributed by atoms with Crippen molar-refractivity contribution in [1.29, 1.82) is 0 Å². The molecule has 8 nitrogen and oxygen atoms in total. The fourth-order valence-electron chi connectivity index (χ4n) is 4.34. The van der Waals surface area contributed by atoms with Gasteiger partial charge in [0.25, 0.3) is 5.91 Å². The predicted molar refractivity (Wildman–Crippen MR) is 125 cm³/mol. The SMILES string of the molecule is CCC(NC(=O)c1cnc2c(cnn2CC)c1NC1CCC(=NO)CC1)c1ccc(F)cc1. The minimum absolute atomic E-state index is 0.136. The van der Waals surface area contributed by atoms with E-state index in [-0.39, 0.29) is 23.8 Å². The van der Waals surface area contributed by atoms with E-state index >= 15 is 0 Å². The van der Waals surface area contributed by atoms with Crippen molar-refractivity contribution in [2.45, 2.75) is 64.6 Å². The zero-order chi connectivity index (χ0) is 23.4. The first-order valence-electron chi connectivity index (χ1n) is 11.4. The number of hydrogen-bond donors (Lipinski definition) is 3. The second-order valence-corrected chi connectivity index (χ2v) is 8.32. The molecule has 2 aromatic heterocycles. The van der Waals surface area contributed by atoms with E-state index in [0.29, 0.717) is 37.1 Å². The number of halogens is 1. The fraction of sp³-hybridized carbons (Fsp3) is 0.417. The van der Waals surface area contributed by atoms with Gasteiger partial charge in [-0.3, -0.25) is 4.79 Å². The molecule has 33 heavy (non-hydrogen) atoms. The molecule has 1 fully saturated rings. The zero-order valence-corrected chi connectivity index (χ0v) is 18.9. The number of carbonyl (C=O) groups excluding carboxylic acids is 1. The second kappa shape index (κ2) is 9.97. The first kappa shape index (κ1) is 22.7. The Hall–Kier alpha value is -3.49. The van der Waals surface area contributed by atoms with Crippen LogP contribution in [0.15, 0.2) is 41.8 Å². The lowest BCUT2D eigenvalue weighted by atomic mass is 9.93. The summed E-state index contributed by atoms with van der Waals surface area (Å²) in [6.45, 7) is 4.64. The van der Waals surface area contributed by atoms with Crippen molar-refractivity contribution < 1.29 is 14.4 Å². The summed E-state index contributed by atoms with van der Waals surface area (Å²) in [7, 11) is 0. The minimum atomic E-state index is -0.309. The highest BCUT2D eigenvalue weighted by Crippen LogP contribution is 2.30. The Balaban J connectivity index is 1.65. The van der Waals surface area contributed by atoms with Crippen LogP contribution in [0.4, 0.5) is 10.1 Å². The molecular weight excluding hydrogens is 423 g/mol. The Morgan fingerprint density at radius 1 is 1.24 bits per heavy atom. The first-order chi connectivity index (χ1) is 16.0. The van der Waals surface area contributed by atoms with Crippen molar-refractivity contribution in [2.75, 3.05) is 5.32 Å². The number of nitrogens with one attached hydrogen (secondary N) is 2. The summed E-state index contributed by atoms with van der Waals surface area (Å²) in [5.74, 6) is -0.559. The van der Waals surface area contributed by atoms with Crippen LogP contribution in [-0.2, 0) is 6.54 Å². The van der Waals surface area contributed by atoms with Crippen LogP contribution < -0.4 is 10.6 Å². The Morgan fingerprint density at radius 2 is 1.97 bits per heavy atom. The van der Waals surface area contributed by atoms with E-state index < -0.39 is 0 Å². The van der Waals surface area contributed by atoms with Crippen molar-refractivity contribution in [1.82, 2.24) is 20.1 Å². The van der Waals surface area contributed by atoms with Gasteiger partial charge in [-0.15, -0.1) is 0 Å². The monoisotopic (exact) mass is 452 g/mol. The molecule has 1 aliphatic carbocycles. The molecule has 9 heteroatoms. The van der Waals surface area contributed by atoms with Crippen LogP contribution in [0, 0.1) is 5.82 Å². The van der Waals surface area contributed by atoms with E-state index in [1.807, 2.05) is 13.8 Å². The fourth-order valence-corrected chi connectivity index (χ4v) is 4.34. The van der Waals surface area contributed by atoms with Crippen LogP contribution >= 0.6 is 0 Å². The van der Waals surface area contributed by atoms with Gasteiger partial charge in [0.05, 0.1) is 34.6 Å². The van der Waals surface area contributed by atoms with Gasteiger partial charge in [0.2, 0.25) is 0 Å². The topological polar surface area (TPSA) is 104 Å². The van der Waals surface area contributed by atoms with Gasteiger partial charge in [0, 0.05) is 18.8 Å². The van der Waals surface area contributed by atoms with E-state index in [2.05, 4.69) is 25.9 Å². The molecule has 4 rings (SSSR count). The maximum absolute atomic E-state index is 13.4. The number of nitrogens with zero attached hydrogens (tertiary/aromatic N) is 4. The van der Waals surface area contributed by atoms with E-state index in [1.165, 1.54) is 12.1 Å². The molecule has 1 saturated carbocycles. The Labute approximate surface area is 191 Å². The molecule has 0 radical (unpaired) electrons. The highest BCUT2D eigenvalue weighted by molar-refractivity contribution is 6.06. The van der Waals surface area contributed by atoms with Gasteiger partial charge in [-0.2, -0.15) is 5.10 Å². The van der Waals surface area contributed by atoms with Crippen molar-refractivity contribution in [3.63, 3.8) is 0 Å². The molecule has 1 unspecified atom stereocenters. The molecule has 0 aliphatic heterocycles. The van der Waals surface area contributed by atoms with Crippen LogP contribution in [0.1, 0.15) is 67.9 Å². The lowest BCUT2D eigenvalue weighted by Crippen LogP contribution is -2.31. The van der Waals surface area contributed by atoms with Crippen LogP contribution in [-0.4, -0.2) is 37.6 Å². The number of oxime groups is 1. The summed E-state index contributed by atoms with van der Waals surface area (Å²) in [5, 5.41) is 24.2. The van der Waals surface area contributed by atoms with Crippen molar-refractivity contribution in [3.8, 4) is 0 Å². The molecule has 0 saturated heterocycles. The smallest absolute Gasteiger partial charge is 0.255 e. The number of aromatic nitrogens is 3. The van der Waals surface area contributed by atoms with E-state index in [0.717, 1.165) is 35.2 Å². The largest absolute Gasteiger partial charge is 0.411 e. The maximum atomic E-state index is 13.4. The zero-order valence-electron chi connectivity index (χ0n) is 18.9. The number of fused-ring (bicyclic) bond motifs is 1. The van der Waals surface area contributed by atoms with Gasteiger partial charge >= 0.3 is 0 Å². The normalized spacial score (nSPS) is 17.1. The molecule has 1 amide bonds. The number of carbonyl (C=O) groups is 1. The van der Waals surface area contributed by atoms with Crippen LogP contribution in [0.3, 0.4) is 0 Å². The summed E-state index contributed by atoms with van der Waals surface area (Å²) >= 11 is 0.